The number of nitrogen functional groups attached to an aromatic ring is 1. The third-order valence-electron chi connectivity index (χ3n) is 1.95. The fraction of sp³-hybridized carbons (Fsp3) is 0.300. The van der Waals surface area contributed by atoms with E-state index in [9.17, 15) is 13.2 Å². The van der Waals surface area contributed by atoms with Gasteiger partial charge in [0.05, 0.1) is 4.90 Å². The van der Waals surface area contributed by atoms with Gasteiger partial charge in [0.25, 0.3) is 10.0 Å². The maximum atomic E-state index is 11.7. The number of amides is 2. The first-order valence-electron chi connectivity index (χ1n) is 5.12. The molecule has 0 heterocycles. The number of anilines is 1. The fourth-order valence-corrected chi connectivity index (χ4v) is 2.03. The van der Waals surface area contributed by atoms with Crippen molar-refractivity contribution in [3.63, 3.8) is 0 Å². The predicted octanol–water partition coefficient (Wildman–Crippen LogP) is 0.667. The van der Waals surface area contributed by atoms with Crippen LogP contribution in [0.2, 0.25) is 0 Å². The normalized spacial score (nSPS) is 10.9. The number of carbonyl (C=O) groups excluding carboxylic acids is 1. The van der Waals surface area contributed by atoms with Crippen LogP contribution in [-0.4, -0.2) is 21.0 Å². The Morgan fingerprint density at radius 2 is 1.88 bits per heavy atom. The van der Waals surface area contributed by atoms with Gasteiger partial charge in [0.15, 0.2) is 0 Å². The van der Waals surface area contributed by atoms with Crippen molar-refractivity contribution in [2.24, 2.45) is 0 Å². The Morgan fingerprint density at radius 1 is 1.29 bits per heavy atom. The highest BCUT2D eigenvalue weighted by Crippen LogP contribution is 2.10. The van der Waals surface area contributed by atoms with Crippen LogP contribution in [-0.2, 0) is 10.0 Å². The van der Waals surface area contributed by atoms with Crippen LogP contribution < -0.4 is 15.8 Å². The zero-order valence-corrected chi connectivity index (χ0v) is 10.3. The molecule has 0 radical (unpaired) electrons. The standard InChI is InChI=1S/C10H15N3O3S/c1-2-7-12-10(14)13-17(15,16)9-5-3-8(11)4-6-9/h3-6H,2,7,11H2,1H3,(H2,12,13,14). The molecule has 2 amide bonds. The number of hydrogen-bond donors (Lipinski definition) is 3. The number of nitrogens with one attached hydrogen (secondary N) is 2. The Labute approximate surface area is 100 Å². The zero-order valence-electron chi connectivity index (χ0n) is 9.43. The summed E-state index contributed by atoms with van der Waals surface area (Å²) in [4.78, 5) is 11.2. The van der Waals surface area contributed by atoms with Crippen LogP contribution in [0.25, 0.3) is 0 Å². The van der Waals surface area contributed by atoms with E-state index in [-0.39, 0.29) is 4.90 Å². The van der Waals surface area contributed by atoms with Crippen molar-refractivity contribution >= 4 is 21.7 Å². The van der Waals surface area contributed by atoms with Gasteiger partial charge in [0, 0.05) is 12.2 Å². The van der Waals surface area contributed by atoms with Crippen LogP contribution in [0.4, 0.5) is 10.5 Å². The largest absolute Gasteiger partial charge is 0.399 e. The Bertz CT molecular complexity index is 482. The molecule has 17 heavy (non-hydrogen) atoms. The van der Waals surface area contributed by atoms with Gasteiger partial charge in [0.1, 0.15) is 0 Å². The molecule has 94 valence electrons. The predicted molar refractivity (Wildman–Crippen MR) is 64.9 cm³/mol. The Kier molecular flexibility index (Phi) is 4.33. The number of hydrogen-bond acceptors (Lipinski definition) is 4. The number of benzene rings is 1. The molecule has 0 aliphatic carbocycles. The lowest BCUT2D eigenvalue weighted by molar-refractivity contribution is 0.246. The van der Waals surface area contributed by atoms with Gasteiger partial charge in [-0.25, -0.2) is 17.9 Å². The molecule has 0 aliphatic rings. The van der Waals surface area contributed by atoms with E-state index in [1.54, 1.807) is 0 Å². The van der Waals surface area contributed by atoms with Crippen molar-refractivity contribution in [2.75, 3.05) is 12.3 Å². The molecule has 1 aromatic rings. The van der Waals surface area contributed by atoms with E-state index in [1.165, 1.54) is 24.3 Å². The molecule has 0 fully saturated rings. The van der Waals surface area contributed by atoms with Crippen molar-refractivity contribution in [3.05, 3.63) is 24.3 Å². The number of nitrogens with two attached hydrogens (primary N) is 1. The van der Waals surface area contributed by atoms with E-state index < -0.39 is 16.1 Å². The molecule has 0 aliphatic heterocycles. The van der Waals surface area contributed by atoms with Crippen LogP contribution in [0.5, 0.6) is 0 Å². The van der Waals surface area contributed by atoms with Gasteiger partial charge in [-0.1, -0.05) is 6.92 Å². The van der Waals surface area contributed by atoms with Gasteiger partial charge in [0.2, 0.25) is 0 Å². The first kappa shape index (κ1) is 13.3. The SMILES string of the molecule is CCCNC(=O)NS(=O)(=O)c1ccc(N)cc1. The summed E-state index contributed by atoms with van der Waals surface area (Å²) in [5, 5.41) is 2.42. The van der Waals surface area contributed by atoms with E-state index in [1.807, 2.05) is 11.6 Å². The van der Waals surface area contributed by atoms with Crippen molar-refractivity contribution in [1.29, 1.82) is 0 Å². The first-order chi connectivity index (χ1) is 7.95. The topological polar surface area (TPSA) is 101 Å². The molecule has 0 unspecified atom stereocenters. The molecule has 0 spiro atoms. The van der Waals surface area contributed by atoms with E-state index in [0.717, 1.165) is 6.42 Å². The van der Waals surface area contributed by atoms with Gasteiger partial charge in [-0.05, 0) is 30.7 Å². The molecule has 1 rings (SSSR count). The molecule has 1 aromatic carbocycles. The average Bonchev–Trinajstić information content (AvgIpc) is 2.26. The van der Waals surface area contributed by atoms with E-state index in [4.69, 9.17) is 5.73 Å². The van der Waals surface area contributed by atoms with Crippen molar-refractivity contribution < 1.29 is 13.2 Å². The van der Waals surface area contributed by atoms with E-state index >= 15 is 0 Å². The second-order valence-corrected chi connectivity index (χ2v) is 5.11. The highest BCUT2D eigenvalue weighted by atomic mass is 32.2. The van der Waals surface area contributed by atoms with Crippen LogP contribution in [0.1, 0.15) is 13.3 Å². The van der Waals surface area contributed by atoms with Crippen LogP contribution in [0, 0.1) is 0 Å². The molecular weight excluding hydrogens is 242 g/mol. The second-order valence-electron chi connectivity index (χ2n) is 3.43. The smallest absolute Gasteiger partial charge is 0.328 e. The Morgan fingerprint density at radius 3 is 2.41 bits per heavy atom. The average molecular weight is 257 g/mol. The number of urea groups is 1. The lowest BCUT2D eigenvalue weighted by Gasteiger charge is -2.07. The van der Waals surface area contributed by atoms with E-state index in [2.05, 4.69) is 5.32 Å². The zero-order chi connectivity index (χ0) is 12.9. The quantitative estimate of drug-likeness (QED) is 0.690. The lowest BCUT2D eigenvalue weighted by Crippen LogP contribution is -2.39. The van der Waals surface area contributed by atoms with Crippen LogP contribution >= 0.6 is 0 Å². The molecule has 4 N–H and O–H groups in total. The first-order valence-corrected chi connectivity index (χ1v) is 6.60. The molecular formula is C10H15N3O3S. The Hall–Kier alpha value is -1.76. The molecule has 7 heteroatoms. The summed E-state index contributed by atoms with van der Waals surface area (Å²) in [7, 11) is -3.82. The lowest BCUT2D eigenvalue weighted by atomic mass is 10.3. The number of sulfonamides is 1. The molecule has 0 atom stereocenters. The van der Waals surface area contributed by atoms with Gasteiger partial charge in [-0.3, -0.25) is 0 Å². The highest BCUT2D eigenvalue weighted by molar-refractivity contribution is 7.90. The summed E-state index contributed by atoms with van der Waals surface area (Å²) in [6.45, 7) is 2.29. The van der Waals surface area contributed by atoms with Crippen molar-refractivity contribution in [3.8, 4) is 0 Å². The summed E-state index contributed by atoms with van der Waals surface area (Å²) in [6.07, 6.45) is 0.731. The maximum Gasteiger partial charge on any atom is 0.328 e. The molecule has 6 nitrogen and oxygen atoms in total. The summed E-state index contributed by atoms with van der Waals surface area (Å²) >= 11 is 0. The second kappa shape index (κ2) is 5.53. The minimum absolute atomic E-state index is 0.00153. The van der Waals surface area contributed by atoms with Gasteiger partial charge in [-0.15, -0.1) is 0 Å². The van der Waals surface area contributed by atoms with Crippen LogP contribution in [0.15, 0.2) is 29.2 Å². The van der Waals surface area contributed by atoms with Gasteiger partial charge >= 0.3 is 6.03 Å². The van der Waals surface area contributed by atoms with Crippen molar-refractivity contribution in [1.82, 2.24) is 10.0 Å². The third kappa shape index (κ3) is 3.95. The van der Waals surface area contributed by atoms with Gasteiger partial charge in [-0.2, -0.15) is 0 Å². The highest BCUT2D eigenvalue weighted by Gasteiger charge is 2.16. The fourth-order valence-electron chi connectivity index (χ4n) is 1.10. The third-order valence-corrected chi connectivity index (χ3v) is 3.30. The number of rotatable bonds is 4. The summed E-state index contributed by atoms with van der Waals surface area (Å²) in [5.41, 5.74) is 5.90. The maximum absolute atomic E-state index is 11.7. The number of carbonyl (C=O) groups is 1. The minimum atomic E-state index is -3.82. The monoisotopic (exact) mass is 257 g/mol. The molecule has 0 saturated heterocycles. The summed E-state index contributed by atoms with van der Waals surface area (Å²) in [6, 6.07) is 4.86. The summed E-state index contributed by atoms with van der Waals surface area (Å²) < 4.78 is 25.3. The van der Waals surface area contributed by atoms with Crippen molar-refractivity contribution in [2.45, 2.75) is 18.2 Å². The molecule has 0 bridgehead atoms. The van der Waals surface area contributed by atoms with Gasteiger partial charge < -0.3 is 11.1 Å². The van der Waals surface area contributed by atoms with E-state index in [0.29, 0.717) is 12.2 Å². The van der Waals surface area contributed by atoms with Crippen LogP contribution in [0.3, 0.4) is 0 Å². The Balaban J connectivity index is 2.75. The molecule has 0 saturated carbocycles. The summed E-state index contributed by atoms with van der Waals surface area (Å²) in [5.74, 6) is 0. The minimum Gasteiger partial charge on any atom is -0.399 e. The molecule has 0 aromatic heterocycles.